The van der Waals surface area contributed by atoms with Crippen LogP contribution in [0.1, 0.15) is 12.5 Å². The molecule has 1 fully saturated rings. The second kappa shape index (κ2) is 9.85. The third kappa shape index (κ3) is 5.55. The molecule has 0 aromatic heterocycles. The Kier molecular flexibility index (Phi) is 6.99. The fourth-order valence-electron chi connectivity index (χ4n) is 3.20. The van der Waals surface area contributed by atoms with Gasteiger partial charge in [-0.05, 0) is 49.4 Å². The lowest BCUT2D eigenvalue weighted by atomic mass is 10.2. The van der Waals surface area contributed by atoms with Gasteiger partial charge in [0.15, 0.2) is 6.61 Å². The van der Waals surface area contributed by atoms with E-state index in [-0.39, 0.29) is 30.3 Å². The third-order valence-corrected chi connectivity index (χ3v) is 5.03. The third-order valence-electron chi connectivity index (χ3n) is 5.03. The summed E-state index contributed by atoms with van der Waals surface area (Å²) in [6, 6.07) is 14.0. The van der Waals surface area contributed by atoms with E-state index >= 15 is 0 Å². The van der Waals surface area contributed by atoms with E-state index in [2.05, 4.69) is 5.32 Å². The number of carbonyl (C=O) groups excluding carboxylic acids is 2. The van der Waals surface area contributed by atoms with Crippen molar-refractivity contribution in [2.75, 3.05) is 38.1 Å². The van der Waals surface area contributed by atoms with Crippen molar-refractivity contribution in [3.63, 3.8) is 0 Å². The molecule has 2 aromatic rings. The molecule has 2 amide bonds. The van der Waals surface area contributed by atoms with Gasteiger partial charge in [-0.2, -0.15) is 5.26 Å². The molecule has 156 valence electrons. The van der Waals surface area contributed by atoms with Gasteiger partial charge in [-0.3, -0.25) is 14.5 Å². The fraction of sp³-hybridized carbons (Fsp3) is 0.318. The van der Waals surface area contributed by atoms with Gasteiger partial charge in [-0.25, -0.2) is 4.39 Å². The zero-order chi connectivity index (χ0) is 21.5. The minimum Gasteiger partial charge on any atom is -0.484 e. The lowest BCUT2D eigenvalue weighted by Gasteiger charge is -2.37. The van der Waals surface area contributed by atoms with Crippen molar-refractivity contribution < 1.29 is 18.7 Å². The number of nitriles is 1. The molecule has 0 bridgehead atoms. The highest BCUT2D eigenvalue weighted by Gasteiger charge is 2.27. The van der Waals surface area contributed by atoms with Crippen LogP contribution in [0.25, 0.3) is 0 Å². The number of halogens is 1. The average molecular weight is 410 g/mol. The Morgan fingerprint density at radius 2 is 1.87 bits per heavy atom. The maximum atomic E-state index is 12.9. The van der Waals surface area contributed by atoms with Crippen LogP contribution in [0.15, 0.2) is 48.5 Å². The van der Waals surface area contributed by atoms with E-state index in [9.17, 15) is 14.0 Å². The molecule has 0 radical (unpaired) electrons. The van der Waals surface area contributed by atoms with Gasteiger partial charge in [0.05, 0.1) is 17.7 Å². The van der Waals surface area contributed by atoms with Crippen molar-refractivity contribution in [1.82, 2.24) is 9.80 Å². The largest absolute Gasteiger partial charge is 0.484 e. The van der Waals surface area contributed by atoms with Gasteiger partial charge >= 0.3 is 0 Å². The Morgan fingerprint density at radius 1 is 1.17 bits per heavy atom. The summed E-state index contributed by atoms with van der Waals surface area (Å²) in [5.41, 5.74) is 1.06. The molecule has 7 nitrogen and oxygen atoms in total. The zero-order valence-corrected chi connectivity index (χ0v) is 16.7. The summed E-state index contributed by atoms with van der Waals surface area (Å²) in [5.74, 6) is -0.233. The van der Waals surface area contributed by atoms with Crippen LogP contribution in [0, 0.1) is 17.1 Å². The van der Waals surface area contributed by atoms with E-state index in [1.807, 2.05) is 17.9 Å². The van der Waals surface area contributed by atoms with Gasteiger partial charge in [-0.1, -0.05) is 6.07 Å². The van der Waals surface area contributed by atoms with Crippen molar-refractivity contribution >= 4 is 17.5 Å². The molecule has 1 aliphatic rings. The summed E-state index contributed by atoms with van der Waals surface area (Å²) >= 11 is 0. The Labute approximate surface area is 174 Å². The number of anilines is 1. The molecular weight excluding hydrogens is 387 g/mol. The Bertz CT molecular complexity index is 934. The number of nitrogens with one attached hydrogen (secondary N) is 1. The summed E-state index contributed by atoms with van der Waals surface area (Å²) in [6.45, 7) is 3.82. The zero-order valence-electron chi connectivity index (χ0n) is 16.7. The molecule has 1 atom stereocenters. The van der Waals surface area contributed by atoms with Crippen LogP contribution in [0.4, 0.5) is 10.1 Å². The summed E-state index contributed by atoms with van der Waals surface area (Å²) in [4.78, 5) is 28.6. The Balaban J connectivity index is 1.45. The molecule has 0 spiro atoms. The number of benzene rings is 2. The van der Waals surface area contributed by atoms with Crippen LogP contribution in [0.2, 0.25) is 0 Å². The number of amides is 2. The number of carbonyl (C=O) groups is 2. The first kappa shape index (κ1) is 21.3. The number of hydrogen-bond donors (Lipinski definition) is 1. The highest BCUT2D eigenvalue weighted by molar-refractivity contribution is 5.94. The number of rotatable bonds is 6. The molecule has 8 heteroatoms. The minimum absolute atomic E-state index is 0.114. The molecular formula is C22H23FN4O3. The normalized spacial score (nSPS) is 15.2. The topological polar surface area (TPSA) is 85.7 Å². The van der Waals surface area contributed by atoms with Crippen LogP contribution in [0.3, 0.4) is 0 Å². The first-order valence-electron chi connectivity index (χ1n) is 9.67. The van der Waals surface area contributed by atoms with Gasteiger partial charge in [-0.15, -0.1) is 0 Å². The molecule has 1 unspecified atom stereocenters. The summed E-state index contributed by atoms with van der Waals surface area (Å²) in [6.07, 6.45) is 0. The van der Waals surface area contributed by atoms with Crippen LogP contribution >= 0.6 is 0 Å². The van der Waals surface area contributed by atoms with E-state index in [1.165, 1.54) is 24.3 Å². The molecule has 0 aliphatic carbocycles. The number of ether oxygens (including phenoxy) is 1. The highest BCUT2D eigenvalue weighted by atomic mass is 19.1. The van der Waals surface area contributed by atoms with E-state index in [4.69, 9.17) is 10.00 Å². The molecule has 3 rings (SSSR count). The van der Waals surface area contributed by atoms with Crippen molar-refractivity contribution in [2.24, 2.45) is 0 Å². The highest BCUT2D eigenvalue weighted by Crippen LogP contribution is 2.14. The maximum Gasteiger partial charge on any atom is 0.260 e. The molecule has 0 saturated carbocycles. The van der Waals surface area contributed by atoms with E-state index in [1.54, 1.807) is 29.2 Å². The minimum atomic E-state index is -0.372. The van der Waals surface area contributed by atoms with Crippen molar-refractivity contribution in [3.05, 3.63) is 59.9 Å². The standard InChI is InChI=1S/C22H23FN4O3/c1-16(22(29)25-19-4-2-3-17(13-19)14-24)26-9-11-27(12-10-26)21(28)15-30-20-7-5-18(23)6-8-20/h2-8,13,16H,9-12,15H2,1H3,(H,25,29). The molecule has 1 heterocycles. The number of hydrogen-bond acceptors (Lipinski definition) is 5. The predicted octanol–water partition coefficient (Wildman–Crippen LogP) is 2.25. The average Bonchev–Trinajstić information content (AvgIpc) is 2.78. The Morgan fingerprint density at radius 3 is 2.53 bits per heavy atom. The molecule has 1 saturated heterocycles. The molecule has 1 N–H and O–H groups in total. The van der Waals surface area contributed by atoms with E-state index < -0.39 is 0 Å². The van der Waals surface area contributed by atoms with Crippen molar-refractivity contribution in [1.29, 1.82) is 5.26 Å². The predicted molar refractivity (Wildman–Crippen MR) is 109 cm³/mol. The van der Waals surface area contributed by atoms with Gasteiger partial charge in [0.2, 0.25) is 5.91 Å². The Hall–Kier alpha value is -3.44. The lowest BCUT2D eigenvalue weighted by Crippen LogP contribution is -2.54. The maximum absolute atomic E-state index is 12.9. The van der Waals surface area contributed by atoms with Crippen LogP contribution in [-0.4, -0.2) is 60.4 Å². The van der Waals surface area contributed by atoms with Gasteiger partial charge in [0.25, 0.3) is 5.91 Å². The first-order valence-corrected chi connectivity index (χ1v) is 9.67. The molecule has 2 aromatic carbocycles. The quantitative estimate of drug-likeness (QED) is 0.790. The van der Waals surface area contributed by atoms with Gasteiger partial charge < -0.3 is 15.0 Å². The SMILES string of the molecule is CC(C(=O)Nc1cccc(C#N)c1)N1CCN(C(=O)COc2ccc(F)cc2)CC1. The molecule has 1 aliphatic heterocycles. The van der Waals surface area contributed by atoms with Crippen molar-refractivity contribution in [3.8, 4) is 11.8 Å². The van der Waals surface area contributed by atoms with E-state index in [0.717, 1.165) is 0 Å². The van der Waals surface area contributed by atoms with Crippen LogP contribution in [0.5, 0.6) is 5.75 Å². The number of piperazine rings is 1. The van der Waals surface area contributed by atoms with Crippen LogP contribution < -0.4 is 10.1 Å². The van der Waals surface area contributed by atoms with Crippen LogP contribution in [-0.2, 0) is 9.59 Å². The number of nitrogens with zero attached hydrogens (tertiary/aromatic N) is 3. The summed E-state index contributed by atoms with van der Waals surface area (Å²) in [7, 11) is 0. The second-order valence-electron chi connectivity index (χ2n) is 7.02. The smallest absolute Gasteiger partial charge is 0.260 e. The second-order valence-corrected chi connectivity index (χ2v) is 7.02. The fourth-order valence-corrected chi connectivity index (χ4v) is 3.20. The lowest BCUT2D eigenvalue weighted by molar-refractivity contribution is -0.135. The molecule has 30 heavy (non-hydrogen) atoms. The van der Waals surface area contributed by atoms with Gasteiger partial charge in [0, 0.05) is 31.9 Å². The van der Waals surface area contributed by atoms with E-state index in [0.29, 0.717) is 43.2 Å². The summed E-state index contributed by atoms with van der Waals surface area (Å²) < 4.78 is 18.3. The summed E-state index contributed by atoms with van der Waals surface area (Å²) in [5, 5.41) is 11.8. The van der Waals surface area contributed by atoms with Crippen molar-refractivity contribution in [2.45, 2.75) is 13.0 Å². The first-order chi connectivity index (χ1) is 14.5. The van der Waals surface area contributed by atoms with Gasteiger partial charge in [0.1, 0.15) is 11.6 Å². The monoisotopic (exact) mass is 410 g/mol.